The Bertz CT molecular complexity index is 406. The first-order chi connectivity index (χ1) is 9.06. The van der Waals surface area contributed by atoms with Crippen LogP contribution in [0.2, 0.25) is 0 Å². The summed E-state index contributed by atoms with van der Waals surface area (Å²) in [6.07, 6.45) is -0.245. The Morgan fingerprint density at radius 3 is 2.68 bits per heavy atom. The van der Waals surface area contributed by atoms with E-state index < -0.39 is 6.10 Å². The highest BCUT2D eigenvalue weighted by molar-refractivity contribution is 5.75. The lowest BCUT2D eigenvalue weighted by Gasteiger charge is -2.19. The molecule has 1 unspecified atom stereocenters. The molecule has 0 amide bonds. The maximum absolute atomic E-state index is 11.8. The molecule has 0 heterocycles. The van der Waals surface area contributed by atoms with Crippen LogP contribution in [0.15, 0.2) is 24.3 Å². The van der Waals surface area contributed by atoms with E-state index in [0.717, 1.165) is 5.56 Å². The fourth-order valence-electron chi connectivity index (χ4n) is 1.71. The molecule has 0 bridgehead atoms. The van der Waals surface area contributed by atoms with Gasteiger partial charge in [-0.1, -0.05) is 12.1 Å². The van der Waals surface area contributed by atoms with Crippen LogP contribution < -0.4 is 10.7 Å². The van der Waals surface area contributed by atoms with Gasteiger partial charge in [-0.05, 0) is 38.5 Å². The van der Waals surface area contributed by atoms with E-state index in [1.54, 1.807) is 19.1 Å². The van der Waals surface area contributed by atoms with Gasteiger partial charge in [0.05, 0.1) is 12.7 Å². The number of hydrogen-bond acceptors (Lipinski definition) is 5. The van der Waals surface area contributed by atoms with Gasteiger partial charge in [-0.2, -0.15) is 5.90 Å². The Kier molecular flexibility index (Phi) is 6.32. The van der Waals surface area contributed by atoms with Crippen molar-refractivity contribution in [3.8, 4) is 5.75 Å². The summed E-state index contributed by atoms with van der Waals surface area (Å²) >= 11 is 0. The predicted octanol–water partition coefficient (Wildman–Crippen LogP) is 1.84. The molecule has 1 atom stereocenters. The van der Waals surface area contributed by atoms with Crippen molar-refractivity contribution in [1.29, 1.82) is 0 Å². The number of benzene rings is 1. The highest BCUT2D eigenvalue weighted by atomic mass is 16.6. The first-order valence-electron chi connectivity index (χ1n) is 6.34. The Labute approximate surface area is 113 Å². The van der Waals surface area contributed by atoms with E-state index in [0.29, 0.717) is 18.8 Å². The van der Waals surface area contributed by atoms with Crippen LogP contribution in [0.5, 0.6) is 5.75 Å². The molecule has 5 heteroatoms. The summed E-state index contributed by atoms with van der Waals surface area (Å²) in [5.41, 5.74) is 0.904. The van der Waals surface area contributed by atoms with Crippen molar-refractivity contribution >= 4 is 5.97 Å². The molecular formula is C14H21NO4. The Morgan fingerprint density at radius 2 is 2.11 bits per heavy atom. The average Bonchev–Trinajstić information content (AvgIpc) is 2.38. The van der Waals surface area contributed by atoms with Crippen LogP contribution in [-0.4, -0.2) is 24.8 Å². The summed E-state index contributed by atoms with van der Waals surface area (Å²) in [5, 5.41) is 0. The summed E-state index contributed by atoms with van der Waals surface area (Å²) in [6, 6.07) is 7.22. The zero-order valence-corrected chi connectivity index (χ0v) is 11.6. The molecule has 0 aliphatic heterocycles. The number of nitrogens with two attached hydrogens (primary N) is 1. The van der Waals surface area contributed by atoms with Gasteiger partial charge in [0.15, 0.2) is 6.10 Å². The third-order valence-electron chi connectivity index (χ3n) is 2.44. The lowest BCUT2D eigenvalue weighted by molar-refractivity contribution is -0.159. The number of carbonyl (C=O) groups is 1. The molecule has 1 aromatic rings. The van der Waals surface area contributed by atoms with Crippen LogP contribution in [-0.2, 0) is 20.7 Å². The number of hydrogen-bond donors (Lipinski definition) is 1. The fraction of sp³-hybridized carbons (Fsp3) is 0.500. The monoisotopic (exact) mass is 267 g/mol. The summed E-state index contributed by atoms with van der Waals surface area (Å²) in [7, 11) is 0. The van der Waals surface area contributed by atoms with E-state index in [1.165, 1.54) is 0 Å². The molecule has 0 radical (unpaired) electrons. The molecular weight excluding hydrogens is 246 g/mol. The summed E-state index contributed by atoms with van der Waals surface area (Å²) in [5.74, 6) is 5.31. The van der Waals surface area contributed by atoms with Crippen molar-refractivity contribution < 1.29 is 19.1 Å². The Balaban J connectivity index is 2.77. The Morgan fingerprint density at radius 1 is 1.37 bits per heavy atom. The molecule has 0 aliphatic rings. The standard InChI is InChI=1S/C14H21NO4/c1-4-17-14(16)13(18-10(2)3)9-11-6-5-7-12(8-11)19-15/h5-8,10,13H,4,9,15H2,1-3H3. The fourth-order valence-corrected chi connectivity index (χ4v) is 1.71. The van der Waals surface area contributed by atoms with E-state index in [-0.39, 0.29) is 12.1 Å². The van der Waals surface area contributed by atoms with Crippen LogP contribution in [0, 0.1) is 0 Å². The third-order valence-corrected chi connectivity index (χ3v) is 2.44. The minimum absolute atomic E-state index is 0.0525. The van der Waals surface area contributed by atoms with Gasteiger partial charge in [-0.25, -0.2) is 4.79 Å². The highest BCUT2D eigenvalue weighted by Gasteiger charge is 2.22. The molecule has 0 spiro atoms. The molecule has 106 valence electrons. The van der Waals surface area contributed by atoms with Crippen LogP contribution in [0.1, 0.15) is 26.3 Å². The van der Waals surface area contributed by atoms with Gasteiger partial charge in [0.1, 0.15) is 5.75 Å². The van der Waals surface area contributed by atoms with Crippen LogP contribution in [0.25, 0.3) is 0 Å². The number of rotatable bonds is 7. The molecule has 2 N–H and O–H groups in total. The predicted molar refractivity (Wildman–Crippen MR) is 71.6 cm³/mol. The number of ether oxygens (including phenoxy) is 2. The van der Waals surface area contributed by atoms with Gasteiger partial charge >= 0.3 is 5.97 Å². The smallest absolute Gasteiger partial charge is 0.335 e. The second kappa shape index (κ2) is 7.76. The topological polar surface area (TPSA) is 70.8 Å². The molecule has 0 aliphatic carbocycles. The van der Waals surface area contributed by atoms with E-state index in [9.17, 15) is 4.79 Å². The highest BCUT2D eigenvalue weighted by Crippen LogP contribution is 2.16. The molecule has 0 saturated carbocycles. The van der Waals surface area contributed by atoms with Crippen LogP contribution in [0.4, 0.5) is 0 Å². The first kappa shape index (κ1) is 15.5. The quantitative estimate of drug-likeness (QED) is 0.603. The summed E-state index contributed by atoms with van der Waals surface area (Å²) in [6.45, 7) is 5.87. The van der Waals surface area contributed by atoms with Gasteiger partial charge < -0.3 is 14.3 Å². The average molecular weight is 267 g/mol. The van der Waals surface area contributed by atoms with Gasteiger partial charge in [-0.3, -0.25) is 0 Å². The molecule has 0 fully saturated rings. The second-order valence-corrected chi connectivity index (χ2v) is 4.39. The molecule has 0 saturated heterocycles. The second-order valence-electron chi connectivity index (χ2n) is 4.39. The number of esters is 1. The maximum atomic E-state index is 11.8. The largest absolute Gasteiger partial charge is 0.464 e. The van der Waals surface area contributed by atoms with E-state index in [1.807, 2.05) is 26.0 Å². The van der Waals surface area contributed by atoms with Crippen molar-refractivity contribution in [3.05, 3.63) is 29.8 Å². The minimum atomic E-state index is -0.618. The molecule has 19 heavy (non-hydrogen) atoms. The van der Waals surface area contributed by atoms with Crippen LogP contribution in [0.3, 0.4) is 0 Å². The molecule has 5 nitrogen and oxygen atoms in total. The van der Waals surface area contributed by atoms with Crippen molar-refractivity contribution in [3.63, 3.8) is 0 Å². The van der Waals surface area contributed by atoms with E-state index >= 15 is 0 Å². The molecule has 1 rings (SSSR count). The van der Waals surface area contributed by atoms with Gasteiger partial charge in [0, 0.05) is 6.42 Å². The van der Waals surface area contributed by atoms with Crippen LogP contribution >= 0.6 is 0 Å². The minimum Gasteiger partial charge on any atom is -0.464 e. The SMILES string of the molecule is CCOC(=O)C(Cc1cccc(ON)c1)OC(C)C. The third kappa shape index (κ3) is 5.28. The summed E-state index contributed by atoms with van der Waals surface area (Å²) in [4.78, 5) is 16.5. The molecule has 0 aromatic heterocycles. The van der Waals surface area contributed by atoms with Crippen molar-refractivity contribution in [2.24, 2.45) is 5.90 Å². The van der Waals surface area contributed by atoms with Gasteiger partial charge in [-0.15, -0.1) is 0 Å². The van der Waals surface area contributed by atoms with E-state index in [4.69, 9.17) is 15.4 Å². The van der Waals surface area contributed by atoms with Crippen molar-refractivity contribution in [1.82, 2.24) is 0 Å². The zero-order valence-electron chi connectivity index (χ0n) is 11.6. The first-order valence-corrected chi connectivity index (χ1v) is 6.34. The van der Waals surface area contributed by atoms with Gasteiger partial charge in [0.25, 0.3) is 0 Å². The lowest BCUT2D eigenvalue weighted by Crippen LogP contribution is -2.31. The molecule has 1 aromatic carbocycles. The zero-order chi connectivity index (χ0) is 14.3. The van der Waals surface area contributed by atoms with Crippen molar-refractivity contribution in [2.75, 3.05) is 6.61 Å². The normalized spacial score (nSPS) is 12.3. The maximum Gasteiger partial charge on any atom is 0.335 e. The Hall–Kier alpha value is -1.59. The van der Waals surface area contributed by atoms with Gasteiger partial charge in [0.2, 0.25) is 0 Å². The number of carbonyl (C=O) groups excluding carboxylic acids is 1. The van der Waals surface area contributed by atoms with Crippen molar-refractivity contribution in [2.45, 2.75) is 39.4 Å². The summed E-state index contributed by atoms with van der Waals surface area (Å²) < 4.78 is 10.6. The lowest BCUT2D eigenvalue weighted by atomic mass is 10.1. The van der Waals surface area contributed by atoms with E-state index in [2.05, 4.69) is 4.84 Å².